The topological polar surface area (TPSA) is 3.24 Å². The van der Waals surface area contributed by atoms with E-state index in [-0.39, 0.29) is 0 Å². The molecule has 0 amide bonds. The van der Waals surface area contributed by atoms with Gasteiger partial charge < -0.3 is 0 Å². The van der Waals surface area contributed by atoms with Crippen molar-refractivity contribution in [2.45, 2.75) is 38.6 Å². The summed E-state index contributed by atoms with van der Waals surface area (Å²) in [7, 11) is 0. The molecule has 0 aromatic heterocycles. The van der Waals surface area contributed by atoms with Crippen LogP contribution < -0.4 is 0 Å². The number of hydrogen-bond donors (Lipinski definition) is 0. The van der Waals surface area contributed by atoms with E-state index in [1.165, 1.54) is 55.5 Å². The lowest BCUT2D eigenvalue weighted by molar-refractivity contribution is 0.191. The lowest BCUT2D eigenvalue weighted by Gasteiger charge is -2.33. The van der Waals surface area contributed by atoms with Crippen molar-refractivity contribution >= 4 is 0 Å². The quantitative estimate of drug-likeness (QED) is 0.750. The van der Waals surface area contributed by atoms with Gasteiger partial charge in [-0.25, -0.2) is 0 Å². The highest BCUT2D eigenvalue weighted by Gasteiger charge is 2.36. The molecule has 23 heavy (non-hydrogen) atoms. The maximum absolute atomic E-state index is 2.73. The van der Waals surface area contributed by atoms with E-state index in [1.807, 2.05) is 0 Å². The van der Waals surface area contributed by atoms with Crippen LogP contribution in [-0.4, -0.2) is 18.0 Å². The fourth-order valence-corrected chi connectivity index (χ4v) is 4.44. The van der Waals surface area contributed by atoms with Crippen LogP contribution in [0.5, 0.6) is 0 Å². The lowest BCUT2D eigenvalue weighted by atomic mass is 9.75. The van der Waals surface area contributed by atoms with Crippen LogP contribution in [0.25, 0.3) is 0 Å². The van der Waals surface area contributed by atoms with E-state index < -0.39 is 0 Å². The molecule has 4 rings (SSSR count). The summed E-state index contributed by atoms with van der Waals surface area (Å²) in [6.45, 7) is 4.72. The Morgan fingerprint density at radius 3 is 2.35 bits per heavy atom. The zero-order valence-electron chi connectivity index (χ0n) is 14.1. The average Bonchev–Trinajstić information content (AvgIpc) is 2.96. The molecule has 0 spiro atoms. The highest BCUT2D eigenvalue weighted by atomic mass is 15.2. The summed E-state index contributed by atoms with van der Waals surface area (Å²) in [6, 6.07) is 20.6. The molecule has 120 valence electrons. The van der Waals surface area contributed by atoms with Crippen LogP contribution in [0.2, 0.25) is 0 Å². The first-order chi connectivity index (χ1) is 11.3. The van der Waals surface area contributed by atoms with Gasteiger partial charge in [0.25, 0.3) is 0 Å². The molecule has 2 aromatic carbocycles. The molecular formula is C22H27N. The van der Waals surface area contributed by atoms with Crippen molar-refractivity contribution < 1.29 is 0 Å². The van der Waals surface area contributed by atoms with Gasteiger partial charge >= 0.3 is 0 Å². The van der Waals surface area contributed by atoms with Crippen molar-refractivity contribution in [2.75, 3.05) is 13.1 Å². The Morgan fingerprint density at radius 1 is 0.870 bits per heavy atom. The van der Waals surface area contributed by atoms with Gasteiger partial charge in [-0.1, -0.05) is 79.4 Å². The summed E-state index contributed by atoms with van der Waals surface area (Å²) in [6.07, 6.45) is 5.79. The SMILES string of the molecule is Cc1cccc(C(c2ccccc2)N2CCC(C3CCC3)C2)c1. The molecule has 2 aromatic rings. The smallest absolute Gasteiger partial charge is 0.0602 e. The third-order valence-corrected chi connectivity index (χ3v) is 5.91. The van der Waals surface area contributed by atoms with Crippen LogP contribution in [0.15, 0.2) is 54.6 Å². The van der Waals surface area contributed by atoms with Gasteiger partial charge in [-0.2, -0.15) is 0 Å². The van der Waals surface area contributed by atoms with E-state index in [9.17, 15) is 0 Å². The first-order valence-electron chi connectivity index (χ1n) is 9.17. The average molecular weight is 305 g/mol. The largest absolute Gasteiger partial charge is 0.292 e. The normalized spacial score (nSPS) is 23.6. The molecule has 1 saturated carbocycles. The summed E-state index contributed by atoms with van der Waals surface area (Å²) in [5.41, 5.74) is 4.25. The molecular weight excluding hydrogens is 278 g/mol. The van der Waals surface area contributed by atoms with Gasteiger partial charge in [0.2, 0.25) is 0 Å². The summed E-state index contributed by atoms with van der Waals surface area (Å²) in [5.74, 6) is 1.94. The Morgan fingerprint density at radius 2 is 1.65 bits per heavy atom. The molecule has 1 heteroatoms. The minimum absolute atomic E-state index is 0.418. The molecule has 1 nitrogen and oxygen atoms in total. The predicted molar refractivity (Wildman–Crippen MR) is 96.5 cm³/mol. The van der Waals surface area contributed by atoms with Crippen LogP contribution in [-0.2, 0) is 0 Å². The second kappa shape index (κ2) is 6.49. The highest BCUT2D eigenvalue weighted by molar-refractivity contribution is 5.34. The van der Waals surface area contributed by atoms with Gasteiger partial charge in [0.05, 0.1) is 6.04 Å². The van der Waals surface area contributed by atoms with Crippen molar-refractivity contribution in [3.8, 4) is 0 Å². The van der Waals surface area contributed by atoms with E-state index in [4.69, 9.17) is 0 Å². The number of likely N-dealkylation sites (tertiary alicyclic amines) is 1. The van der Waals surface area contributed by atoms with Gasteiger partial charge in [0.1, 0.15) is 0 Å². The second-order valence-corrected chi connectivity index (χ2v) is 7.46. The number of rotatable bonds is 4. The molecule has 2 fully saturated rings. The molecule has 2 aliphatic rings. The van der Waals surface area contributed by atoms with Crippen LogP contribution in [0.3, 0.4) is 0 Å². The lowest BCUT2D eigenvalue weighted by Crippen LogP contribution is -2.30. The Bertz CT molecular complexity index is 644. The zero-order valence-corrected chi connectivity index (χ0v) is 14.1. The van der Waals surface area contributed by atoms with Crippen molar-refractivity contribution in [2.24, 2.45) is 11.8 Å². The van der Waals surface area contributed by atoms with Crippen LogP contribution >= 0.6 is 0 Å². The van der Waals surface area contributed by atoms with Gasteiger partial charge in [-0.15, -0.1) is 0 Å². The number of aryl methyl sites for hydroxylation is 1. The molecule has 1 aliphatic heterocycles. The van der Waals surface area contributed by atoms with E-state index in [2.05, 4.69) is 66.4 Å². The highest BCUT2D eigenvalue weighted by Crippen LogP contribution is 2.41. The van der Waals surface area contributed by atoms with Crippen LogP contribution in [0.1, 0.15) is 48.4 Å². The summed E-state index contributed by atoms with van der Waals surface area (Å²) < 4.78 is 0. The van der Waals surface area contributed by atoms with Crippen LogP contribution in [0.4, 0.5) is 0 Å². The Hall–Kier alpha value is -1.60. The standard InChI is InChI=1S/C22H27N/c1-17-7-5-12-20(15-17)22(19-8-3-2-4-9-19)23-14-13-21(16-23)18-10-6-11-18/h2-5,7-9,12,15,18,21-22H,6,10-11,13-14,16H2,1H3. The Balaban J connectivity index is 1.63. The van der Waals surface area contributed by atoms with Crippen molar-refractivity contribution in [3.05, 3.63) is 71.3 Å². The molecule has 0 bridgehead atoms. The number of benzene rings is 2. The first-order valence-corrected chi connectivity index (χ1v) is 9.17. The molecule has 0 radical (unpaired) electrons. The van der Waals surface area contributed by atoms with Gasteiger partial charge in [-0.05, 0) is 42.9 Å². The van der Waals surface area contributed by atoms with Gasteiger partial charge in [-0.3, -0.25) is 4.90 Å². The molecule has 0 N–H and O–H groups in total. The minimum Gasteiger partial charge on any atom is -0.292 e. The summed E-state index contributed by atoms with van der Waals surface area (Å²) >= 11 is 0. The predicted octanol–water partition coefficient (Wildman–Crippen LogP) is 5.21. The maximum Gasteiger partial charge on any atom is 0.0602 e. The Kier molecular flexibility index (Phi) is 4.22. The molecule has 1 saturated heterocycles. The second-order valence-electron chi connectivity index (χ2n) is 7.46. The van der Waals surface area contributed by atoms with Crippen molar-refractivity contribution in [3.63, 3.8) is 0 Å². The molecule has 1 heterocycles. The van der Waals surface area contributed by atoms with Gasteiger partial charge in [0, 0.05) is 6.54 Å². The maximum atomic E-state index is 2.73. The van der Waals surface area contributed by atoms with Gasteiger partial charge in [0.15, 0.2) is 0 Å². The monoisotopic (exact) mass is 305 g/mol. The van der Waals surface area contributed by atoms with E-state index in [0.717, 1.165) is 11.8 Å². The van der Waals surface area contributed by atoms with E-state index in [1.54, 1.807) is 0 Å². The third-order valence-electron chi connectivity index (χ3n) is 5.91. The molecule has 2 atom stereocenters. The molecule has 1 aliphatic carbocycles. The summed E-state index contributed by atoms with van der Waals surface area (Å²) in [5, 5.41) is 0. The van der Waals surface area contributed by atoms with Crippen molar-refractivity contribution in [1.29, 1.82) is 0 Å². The number of hydrogen-bond acceptors (Lipinski definition) is 1. The molecule has 2 unspecified atom stereocenters. The Labute approximate surface area is 140 Å². The zero-order chi connectivity index (χ0) is 15.6. The fraction of sp³-hybridized carbons (Fsp3) is 0.455. The van der Waals surface area contributed by atoms with E-state index in [0.29, 0.717) is 6.04 Å². The first kappa shape index (κ1) is 15.0. The third kappa shape index (κ3) is 3.07. The number of nitrogens with zero attached hydrogens (tertiary/aromatic N) is 1. The fourth-order valence-electron chi connectivity index (χ4n) is 4.44. The van der Waals surface area contributed by atoms with Crippen molar-refractivity contribution in [1.82, 2.24) is 4.90 Å². The summed E-state index contributed by atoms with van der Waals surface area (Å²) in [4.78, 5) is 2.73. The minimum atomic E-state index is 0.418. The van der Waals surface area contributed by atoms with E-state index >= 15 is 0 Å². The van der Waals surface area contributed by atoms with Crippen LogP contribution in [0, 0.1) is 18.8 Å².